The van der Waals surface area contributed by atoms with Crippen molar-refractivity contribution in [2.75, 3.05) is 13.2 Å². The third kappa shape index (κ3) is 4.70. The highest BCUT2D eigenvalue weighted by molar-refractivity contribution is 5.77. The molecule has 136 valence electrons. The van der Waals surface area contributed by atoms with Crippen LogP contribution in [0.4, 0.5) is 0 Å². The van der Waals surface area contributed by atoms with Gasteiger partial charge in [-0.05, 0) is 52.0 Å². The third-order valence-corrected chi connectivity index (χ3v) is 3.89. The van der Waals surface area contributed by atoms with E-state index in [9.17, 15) is 10.1 Å². The van der Waals surface area contributed by atoms with Crippen LogP contribution in [0.1, 0.15) is 0 Å². The number of hydrogen-bond donors (Lipinski definition) is 0. The van der Waals surface area contributed by atoms with Crippen molar-refractivity contribution in [2.24, 2.45) is 5.18 Å². The Kier molecular flexibility index (Phi) is 5.79. The van der Waals surface area contributed by atoms with E-state index in [1.54, 1.807) is 24.3 Å². The smallest absolute Gasteiger partial charge is 0.227 e. The standard InChI is InChI=1S/C21H18N2O4/c1-16-14-19(8-6-17(16)4-2-10-22-24)26-12-13-27-20-9-7-18-5-3-11-23(25)21(18)15-20/h2-11,14-15H,1,12-13H2/b10-2-,17-4-. The first-order chi connectivity index (χ1) is 13.2. The van der Waals surface area contributed by atoms with Gasteiger partial charge in [-0.2, -0.15) is 4.73 Å². The molecule has 0 aliphatic heterocycles. The Hall–Kier alpha value is -3.67. The van der Waals surface area contributed by atoms with Gasteiger partial charge in [-0.15, -0.1) is 4.91 Å². The highest BCUT2D eigenvalue weighted by atomic mass is 16.5. The molecule has 6 heteroatoms. The molecule has 1 heterocycles. The van der Waals surface area contributed by atoms with Crippen LogP contribution in [0, 0.1) is 10.1 Å². The number of nitroso groups, excluding NO2 is 1. The summed E-state index contributed by atoms with van der Waals surface area (Å²) in [4.78, 5) is 10.0. The molecule has 0 saturated carbocycles. The van der Waals surface area contributed by atoms with Gasteiger partial charge in [0.1, 0.15) is 24.7 Å². The van der Waals surface area contributed by atoms with Crippen LogP contribution in [0.3, 0.4) is 0 Å². The highest BCUT2D eigenvalue weighted by Crippen LogP contribution is 2.17. The summed E-state index contributed by atoms with van der Waals surface area (Å²) < 4.78 is 12.1. The number of pyridine rings is 1. The van der Waals surface area contributed by atoms with Crippen LogP contribution in [0.25, 0.3) is 23.6 Å². The van der Waals surface area contributed by atoms with Crippen LogP contribution in [-0.4, -0.2) is 13.2 Å². The molecule has 27 heavy (non-hydrogen) atoms. The lowest BCUT2D eigenvalue weighted by molar-refractivity contribution is -0.577. The van der Waals surface area contributed by atoms with Crippen molar-refractivity contribution in [1.29, 1.82) is 0 Å². The summed E-state index contributed by atoms with van der Waals surface area (Å²) in [6.07, 6.45) is 5.93. The molecule has 0 N–H and O–H groups in total. The Morgan fingerprint density at radius 3 is 2.56 bits per heavy atom. The molecular formula is C21H18N2O4. The first-order valence-electron chi connectivity index (χ1n) is 8.33. The van der Waals surface area contributed by atoms with Crippen LogP contribution in [0.15, 0.2) is 72.2 Å². The molecular weight excluding hydrogens is 344 g/mol. The van der Waals surface area contributed by atoms with Gasteiger partial charge in [-0.25, -0.2) is 0 Å². The lowest BCUT2D eigenvalue weighted by Gasteiger charge is -2.09. The van der Waals surface area contributed by atoms with E-state index in [0.717, 1.165) is 20.6 Å². The number of aromatic nitrogens is 1. The van der Waals surface area contributed by atoms with E-state index < -0.39 is 0 Å². The summed E-state index contributed by atoms with van der Waals surface area (Å²) in [7, 11) is 0. The first-order valence-corrected chi connectivity index (χ1v) is 8.33. The second-order valence-corrected chi connectivity index (χ2v) is 5.73. The molecule has 2 aromatic carbocycles. The van der Waals surface area contributed by atoms with Gasteiger partial charge >= 0.3 is 0 Å². The normalized spacial score (nSPS) is 11.8. The molecule has 0 atom stereocenters. The van der Waals surface area contributed by atoms with Gasteiger partial charge in [0.05, 0.1) is 12.3 Å². The molecule has 0 aliphatic carbocycles. The number of nitrogens with zero attached hydrogens (tertiary/aromatic N) is 2. The van der Waals surface area contributed by atoms with E-state index in [1.165, 1.54) is 12.4 Å². The van der Waals surface area contributed by atoms with Gasteiger partial charge in [-0.3, -0.25) is 0 Å². The van der Waals surface area contributed by atoms with E-state index in [4.69, 9.17) is 9.47 Å². The van der Waals surface area contributed by atoms with Crippen molar-refractivity contribution in [1.82, 2.24) is 0 Å². The minimum absolute atomic E-state index is 0.339. The molecule has 0 amide bonds. The number of hydrogen-bond acceptors (Lipinski definition) is 5. The van der Waals surface area contributed by atoms with Crippen molar-refractivity contribution < 1.29 is 14.2 Å². The lowest BCUT2D eigenvalue weighted by atomic mass is 10.2. The van der Waals surface area contributed by atoms with Crippen LogP contribution in [0.5, 0.6) is 11.5 Å². The largest absolute Gasteiger partial charge is 0.618 e. The predicted octanol–water partition coefficient (Wildman–Crippen LogP) is 2.40. The molecule has 0 fully saturated rings. The van der Waals surface area contributed by atoms with Crippen LogP contribution in [-0.2, 0) is 0 Å². The molecule has 0 radical (unpaired) electrons. The molecule has 0 aliphatic rings. The van der Waals surface area contributed by atoms with Gasteiger partial charge in [0.25, 0.3) is 0 Å². The minimum atomic E-state index is 0.339. The molecule has 0 bridgehead atoms. The average molecular weight is 362 g/mol. The van der Waals surface area contributed by atoms with Crippen LogP contribution >= 0.6 is 0 Å². The fourth-order valence-corrected chi connectivity index (χ4v) is 2.59. The quantitative estimate of drug-likeness (QED) is 0.280. The van der Waals surface area contributed by atoms with E-state index in [0.29, 0.717) is 30.2 Å². The van der Waals surface area contributed by atoms with E-state index >= 15 is 0 Å². The number of allylic oxidation sites excluding steroid dienone is 1. The van der Waals surface area contributed by atoms with Gasteiger partial charge in [0, 0.05) is 11.5 Å². The first kappa shape index (κ1) is 18.1. The fraction of sp³-hybridized carbons (Fsp3) is 0.0952. The van der Waals surface area contributed by atoms with Gasteiger partial charge in [0.2, 0.25) is 5.52 Å². The zero-order chi connectivity index (χ0) is 19.1. The highest BCUT2D eigenvalue weighted by Gasteiger charge is 2.05. The average Bonchev–Trinajstić information content (AvgIpc) is 2.67. The zero-order valence-electron chi connectivity index (χ0n) is 14.6. The van der Waals surface area contributed by atoms with E-state index in [2.05, 4.69) is 11.8 Å². The van der Waals surface area contributed by atoms with Gasteiger partial charge < -0.3 is 14.7 Å². The molecule has 0 saturated heterocycles. The second kappa shape index (κ2) is 8.62. The summed E-state index contributed by atoms with van der Waals surface area (Å²) >= 11 is 0. The van der Waals surface area contributed by atoms with Crippen molar-refractivity contribution in [3.63, 3.8) is 0 Å². The monoisotopic (exact) mass is 362 g/mol. The Labute approximate surface area is 155 Å². The van der Waals surface area contributed by atoms with Gasteiger partial charge in [0.15, 0.2) is 6.20 Å². The molecule has 0 spiro atoms. The maximum atomic E-state index is 11.8. The van der Waals surface area contributed by atoms with E-state index in [-0.39, 0.29) is 0 Å². The van der Waals surface area contributed by atoms with Crippen LogP contribution < -0.4 is 24.6 Å². The SMILES string of the molecule is C=c1cc(OCCOc2ccc3ccc[n+]([O-])c3c2)cc/c1=C/C=C\N=O. The van der Waals surface area contributed by atoms with Crippen molar-refractivity contribution >= 4 is 23.6 Å². The van der Waals surface area contributed by atoms with Crippen LogP contribution in [0.2, 0.25) is 0 Å². The molecule has 0 unspecified atom stereocenters. The Balaban J connectivity index is 1.57. The molecule has 3 aromatic rings. The number of rotatable bonds is 7. The fourth-order valence-electron chi connectivity index (χ4n) is 2.59. The lowest BCUT2D eigenvalue weighted by Crippen LogP contribution is -2.25. The zero-order valence-corrected chi connectivity index (χ0v) is 14.6. The number of benzene rings is 2. The summed E-state index contributed by atoms with van der Waals surface area (Å²) in [5.41, 5.74) is 0.559. The van der Waals surface area contributed by atoms with Gasteiger partial charge in [-0.1, -0.05) is 18.7 Å². The topological polar surface area (TPSA) is 74.8 Å². The summed E-state index contributed by atoms with van der Waals surface area (Å²) in [6.45, 7) is 4.64. The van der Waals surface area contributed by atoms with Crippen molar-refractivity contribution in [3.8, 4) is 11.5 Å². The van der Waals surface area contributed by atoms with Crippen molar-refractivity contribution in [3.05, 3.63) is 87.6 Å². The molecule has 1 aromatic heterocycles. The van der Waals surface area contributed by atoms with Crippen molar-refractivity contribution in [2.45, 2.75) is 0 Å². The maximum absolute atomic E-state index is 11.8. The molecule has 3 rings (SSSR count). The third-order valence-electron chi connectivity index (χ3n) is 3.89. The predicted molar refractivity (Wildman–Crippen MR) is 105 cm³/mol. The summed E-state index contributed by atoms with van der Waals surface area (Å²) in [5.74, 6) is 1.29. The maximum Gasteiger partial charge on any atom is 0.227 e. The Morgan fingerprint density at radius 2 is 1.81 bits per heavy atom. The minimum Gasteiger partial charge on any atom is -0.618 e. The van der Waals surface area contributed by atoms with E-state index in [1.807, 2.05) is 36.4 Å². The summed E-state index contributed by atoms with van der Waals surface area (Å²) in [6, 6.07) is 14.4. The Bertz CT molecular complexity index is 1090. The Morgan fingerprint density at radius 1 is 1.07 bits per heavy atom. The number of fused-ring (bicyclic) bond motifs is 1. The summed E-state index contributed by atoms with van der Waals surface area (Å²) in [5, 5.41) is 17.0. The molecule has 6 nitrogen and oxygen atoms in total. The number of ether oxygens (including phenoxy) is 2. The second-order valence-electron chi connectivity index (χ2n) is 5.73.